The highest BCUT2D eigenvalue weighted by Gasteiger charge is 2.08. The van der Waals surface area contributed by atoms with Crippen molar-refractivity contribution < 1.29 is 9.53 Å². The molecule has 4 aromatic rings. The van der Waals surface area contributed by atoms with E-state index in [1.165, 1.54) is 11.8 Å². The van der Waals surface area contributed by atoms with Crippen LogP contribution >= 0.6 is 11.8 Å². The molecular weight excluding hydrogens is 372 g/mol. The van der Waals surface area contributed by atoms with Gasteiger partial charge in [0, 0.05) is 10.6 Å². The van der Waals surface area contributed by atoms with Gasteiger partial charge in [-0.05, 0) is 54.6 Å². The number of anilines is 1. The summed E-state index contributed by atoms with van der Waals surface area (Å²) in [5.74, 6) is 1.07. The van der Waals surface area contributed by atoms with E-state index in [1.807, 2.05) is 72.8 Å². The zero-order valence-corrected chi connectivity index (χ0v) is 16.0. The van der Waals surface area contributed by atoms with Crippen molar-refractivity contribution in [2.45, 2.75) is 4.90 Å². The van der Waals surface area contributed by atoms with Gasteiger partial charge < -0.3 is 10.1 Å². The molecule has 7 heteroatoms. The minimum Gasteiger partial charge on any atom is -0.497 e. The summed E-state index contributed by atoms with van der Waals surface area (Å²) in [5.41, 5.74) is 3.01. The first kappa shape index (κ1) is 18.1. The van der Waals surface area contributed by atoms with Crippen molar-refractivity contribution in [3.63, 3.8) is 0 Å². The van der Waals surface area contributed by atoms with Crippen molar-refractivity contribution in [2.75, 3.05) is 18.2 Å². The molecule has 0 bridgehead atoms. The standard InChI is InChI=1S/C21H18N4O2S/c1-27-17-10-8-16(9-11-17)25-23-19-12-7-15(13-20(19)24-25)22-21(26)14-28-18-5-3-2-4-6-18/h2-13H,14H2,1H3,(H,22,26). The second-order valence-corrected chi connectivity index (χ2v) is 7.09. The summed E-state index contributed by atoms with van der Waals surface area (Å²) in [5, 5.41) is 11.9. The number of aromatic nitrogens is 3. The van der Waals surface area contributed by atoms with Crippen LogP contribution in [0, 0.1) is 0 Å². The number of nitrogens with zero attached hydrogens (tertiary/aromatic N) is 3. The van der Waals surface area contributed by atoms with Crippen molar-refractivity contribution in [3.05, 3.63) is 72.8 Å². The average Bonchev–Trinajstić information content (AvgIpc) is 3.16. The van der Waals surface area contributed by atoms with Gasteiger partial charge in [-0.3, -0.25) is 4.79 Å². The highest BCUT2D eigenvalue weighted by atomic mass is 32.2. The Morgan fingerprint density at radius 2 is 1.75 bits per heavy atom. The number of nitrogens with one attached hydrogen (secondary N) is 1. The molecule has 1 aromatic heterocycles. The summed E-state index contributed by atoms with van der Waals surface area (Å²) in [7, 11) is 1.63. The van der Waals surface area contributed by atoms with Crippen LogP contribution in [0.1, 0.15) is 0 Å². The lowest BCUT2D eigenvalue weighted by Crippen LogP contribution is -2.13. The van der Waals surface area contributed by atoms with Crippen LogP contribution < -0.4 is 10.1 Å². The van der Waals surface area contributed by atoms with E-state index in [2.05, 4.69) is 15.5 Å². The molecule has 4 rings (SSSR count). The van der Waals surface area contributed by atoms with E-state index >= 15 is 0 Å². The van der Waals surface area contributed by atoms with Gasteiger partial charge in [0.15, 0.2) is 0 Å². The number of thioether (sulfide) groups is 1. The van der Waals surface area contributed by atoms with Gasteiger partial charge in [-0.1, -0.05) is 18.2 Å². The number of hydrogen-bond acceptors (Lipinski definition) is 5. The normalized spacial score (nSPS) is 10.8. The van der Waals surface area contributed by atoms with Gasteiger partial charge in [0.25, 0.3) is 0 Å². The number of carbonyl (C=O) groups is 1. The molecule has 0 saturated heterocycles. The summed E-state index contributed by atoms with van der Waals surface area (Å²) in [6.07, 6.45) is 0. The quantitative estimate of drug-likeness (QED) is 0.501. The number of rotatable bonds is 6. The highest BCUT2D eigenvalue weighted by Crippen LogP contribution is 2.20. The monoisotopic (exact) mass is 390 g/mol. The van der Waals surface area contributed by atoms with Crippen LogP contribution in [0.3, 0.4) is 0 Å². The minimum atomic E-state index is -0.0595. The lowest BCUT2D eigenvalue weighted by atomic mass is 10.3. The zero-order chi connectivity index (χ0) is 19.3. The summed E-state index contributed by atoms with van der Waals surface area (Å²) in [4.78, 5) is 14.9. The van der Waals surface area contributed by atoms with E-state index in [0.29, 0.717) is 17.0 Å². The van der Waals surface area contributed by atoms with E-state index in [1.54, 1.807) is 11.9 Å². The predicted molar refractivity (Wildman–Crippen MR) is 111 cm³/mol. The summed E-state index contributed by atoms with van der Waals surface area (Å²) in [6, 6.07) is 22.9. The number of ether oxygens (including phenoxy) is 1. The van der Waals surface area contributed by atoms with Gasteiger partial charge >= 0.3 is 0 Å². The molecule has 0 aliphatic heterocycles. The molecule has 0 saturated carbocycles. The zero-order valence-electron chi connectivity index (χ0n) is 15.2. The topological polar surface area (TPSA) is 69.0 Å². The Labute approximate surface area is 166 Å². The van der Waals surface area contributed by atoms with E-state index in [0.717, 1.165) is 21.8 Å². The largest absolute Gasteiger partial charge is 0.497 e. The molecule has 0 unspecified atom stereocenters. The first-order valence-corrected chi connectivity index (χ1v) is 9.69. The molecule has 0 radical (unpaired) electrons. The number of carbonyl (C=O) groups excluding carboxylic acids is 1. The van der Waals surface area contributed by atoms with Gasteiger partial charge in [-0.2, -0.15) is 4.80 Å². The average molecular weight is 390 g/mol. The third kappa shape index (κ3) is 4.15. The van der Waals surface area contributed by atoms with Gasteiger partial charge in [-0.25, -0.2) is 0 Å². The number of benzene rings is 3. The van der Waals surface area contributed by atoms with Crippen LogP contribution in [0.15, 0.2) is 77.7 Å². The first-order valence-electron chi connectivity index (χ1n) is 8.70. The summed E-state index contributed by atoms with van der Waals surface area (Å²) < 4.78 is 5.17. The maximum absolute atomic E-state index is 12.2. The van der Waals surface area contributed by atoms with Crippen molar-refractivity contribution >= 4 is 34.4 Å². The number of amides is 1. The lowest BCUT2D eigenvalue weighted by molar-refractivity contribution is -0.113. The Balaban J connectivity index is 1.46. The summed E-state index contributed by atoms with van der Waals surface area (Å²) >= 11 is 1.50. The molecule has 3 aromatic carbocycles. The molecule has 0 aliphatic rings. The number of methoxy groups -OCH3 is 1. The van der Waals surface area contributed by atoms with Crippen LogP contribution in [-0.2, 0) is 4.79 Å². The molecule has 6 nitrogen and oxygen atoms in total. The fourth-order valence-corrected chi connectivity index (χ4v) is 3.41. The van der Waals surface area contributed by atoms with Crippen molar-refractivity contribution in [2.24, 2.45) is 0 Å². The fourth-order valence-electron chi connectivity index (χ4n) is 2.69. The van der Waals surface area contributed by atoms with Crippen molar-refractivity contribution in [1.82, 2.24) is 15.0 Å². The molecular formula is C21H18N4O2S. The van der Waals surface area contributed by atoms with E-state index in [4.69, 9.17) is 4.74 Å². The van der Waals surface area contributed by atoms with Crippen molar-refractivity contribution in [3.8, 4) is 11.4 Å². The second-order valence-electron chi connectivity index (χ2n) is 6.04. The molecule has 28 heavy (non-hydrogen) atoms. The second kappa shape index (κ2) is 8.14. The van der Waals surface area contributed by atoms with Crippen LogP contribution in [-0.4, -0.2) is 33.8 Å². The molecule has 0 aliphatic carbocycles. The Bertz CT molecular complexity index is 1090. The maximum Gasteiger partial charge on any atom is 0.234 e. The maximum atomic E-state index is 12.2. The van der Waals surface area contributed by atoms with E-state index in [-0.39, 0.29) is 5.91 Å². The first-order chi connectivity index (χ1) is 13.7. The Hall–Kier alpha value is -3.32. The Morgan fingerprint density at radius 1 is 1.00 bits per heavy atom. The number of hydrogen-bond donors (Lipinski definition) is 1. The fraction of sp³-hybridized carbons (Fsp3) is 0.0952. The van der Waals surface area contributed by atoms with Gasteiger partial charge in [0.2, 0.25) is 5.91 Å². The molecule has 1 heterocycles. The third-order valence-corrected chi connectivity index (χ3v) is 5.09. The molecule has 1 N–H and O–H groups in total. The third-order valence-electron chi connectivity index (χ3n) is 4.08. The Morgan fingerprint density at radius 3 is 2.50 bits per heavy atom. The van der Waals surface area contributed by atoms with Gasteiger partial charge in [-0.15, -0.1) is 22.0 Å². The van der Waals surface area contributed by atoms with Crippen LogP contribution in [0.4, 0.5) is 5.69 Å². The van der Waals surface area contributed by atoms with Crippen molar-refractivity contribution in [1.29, 1.82) is 0 Å². The lowest BCUT2D eigenvalue weighted by Gasteiger charge is -2.04. The molecule has 140 valence electrons. The molecule has 1 amide bonds. The molecule has 0 atom stereocenters. The number of fused-ring (bicyclic) bond motifs is 1. The smallest absolute Gasteiger partial charge is 0.234 e. The SMILES string of the molecule is COc1ccc(-n2nc3ccc(NC(=O)CSc4ccccc4)cc3n2)cc1. The van der Waals surface area contributed by atoms with Gasteiger partial charge in [0.1, 0.15) is 16.8 Å². The predicted octanol–water partition coefficient (Wildman–Crippen LogP) is 4.16. The van der Waals surface area contributed by atoms with Crippen LogP contribution in [0.2, 0.25) is 0 Å². The van der Waals surface area contributed by atoms with Crippen LogP contribution in [0.5, 0.6) is 5.75 Å². The highest BCUT2D eigenvalue weighted by molar-refractivity contribution is 8.00. The van der Waals surface area contributed by atoms with E-state index < -0.39 is 0 Å². The van der Waals surface area contributed by atoms with Crippen LogP contribution in [0.25, 0.3) is 16.7 Å². The Kier molecular flexibility index (Phi) is 5.25. The van der Waals surface area contributed by atoms with Gasteiger partial charge in [0.05, 0.1) is 18.6 Å². The molecule has 0 spiro atoms. The molecule has 0 fully saturated rings. The minimum absolute atomic E-state index is 0.0595. The summed E-state index contributed by atoms with van der Waals surface area (Å²) in [6.45, 7) is 0. The van der Waals surface area contributed by atoms with E-state index in [9.17, 15) is 4.79 Å².